The number of benzene rings is 1. The van der Waals surface area contributed by atoms with Crippen LogP contribution in [0.1, 0.15) is 44.6 Å². The first kappa shape index (κ1) is 13.8. The Hall–Kier alpha value is -0.580. The van der Waals surface area contributed by atoms with Crippen molar-refractivity contribution in [1.82, 2.24) is 0 Å². The maximum atomic E-state index is 12.4. The molecule has 2 nitrogen and oxygen atoms in total. The number of amides is 1. The van der Waals surface area contributed by atoms with Crippen LogP contribution in [-0.4, -0.2) is 5.91 Å². The molecule has 1 fully saturated rings. The van der Waals surface area contributed by atoms with Crippen molar-refractivity contribution in [2.75, 3.05) is 5.32 Å². The van der Waals surface area contributed by atoms with E-state index in [4.69, 9.17) is 0 Å². The van der Waals surface area contributed by atoms with E-state index in [-0.39, 0.29) is 11.3 Å². The number of rotatable bonds is 2. The lowest BCUT2D eigenvalue weighted by Gasteiger charge is -2.32. The van der Waals surface area contributed by atoms with Gasteiger partial charge in [-0.2, -0.15) is 0 Å². The van der Waals surface area contributed by atoms with Gasteiger partial charge in [0.25, 0.3) is 0 Å². The van der Waals surface area contributed by atoms with Crippen LogP contribution in [0.15, 0.2) is 18.2 Å². The van der Waals surface area contributed by atoms with Gasteiger partial charge in [0.1, 0.15) is 0 Å². The number of carbonyl (C=O) groups excluding carboxylic acids is 1. The van der Waals surface area contributed by atoms with Crippen LogP contribution in [0.2, 0.25) is 0 Å². The van der Waals surface area contributed by atoms with Crippen LogP contribution in [-0.2, 0) is 4.79 Å². The van der Waals surface area contributed by atoms with Gasteiger partial charge in [-0.05, 0) is 60.1 Å². The van der Waals surface area contributed by atoms with Gasteiger partial charge in [-0.3, -0.25) is 4.79 Å². The highest BCUT2D eigenvalue weighted by atomic mass is 127. The molecule has 1 saturated carbocycles. The lowest BCUT2D eigenvalue weighted by molar-refractivity contribution is -0.126. The average molecular weight is 357 g/mol. The molecule has 1 aliphatic carbocycles. The highest BCUT2D eigenvalue weighted by molar-refractivity contribution is 14.1. The molecular weight excluding hydrogens is 337 g/mol. The molecule has 0 unspecified atom stereocenters. The van der Waals surface area contributed by atoms with Crippen LogP contribution in [0.3, 0.4) is 0 Å². The van der Waals surface area contributed by atoms with E-state index in [0.717, 1.165) is 24.1 Å². The van der Waals surface area contributed by atoms with E-state index in [9.17, 15) is 4.79 Å². The lowest BCUT2D eigenvalue weighted by Crippen LogP contribution is -2.35. The maximum Gasteiger partial charge on any atom is 0.230 e. The van der Waals surface area contributed by atoms with E-state index in [2.05, 4.69) is 47.8 Å². The third-order valence-electron chi connectivity index (χ3n) is 4.02. The fraction of sp³-hybridized carbons (Fsp3) is 0.533. The van der Waals surface area contributed by atoms with Gasteiger partial charge in [0.05, 0.1) is 0 Å². The molecule has 0 atom stereocenters. The molecule has 0 heterocycles. The molecule has 0 saturated heterocycles. The van der Waals surface area contributed by atoms with E-state index in [1.165, 1.54) is 22.8 Å². The number of halogens is 1. The van der Waals surface area contributed by atoms with Crippen LogP contribution in [0.4, 0.5) is 5.69 Å². The van der Waals surface area contributed by atoms with Crippen molar-refractivity contribution in [3.8, 4) is 0 Å². The number of anilines is 1. The summed E-state index contributed by atoms with van der Waals surface area (Å²) >= 11 is 2.30. The molecule has 0 bridgehead atoms. The number of hydrogen-bond acceptors (Lipinski definition) is 1. The lowest BCUT2D eigenvalue weighted by atomic mass is 9.75. The van der Waals surface area contributed by atoms with Gasteiger partial charge in [-0.1, -0.05) is 32.3 Å². The Balaban J connectivity index is 2.13. The molecule has 1 aromatic carbocycles. The monoisotopic (exact) mass is 357 g/mol. The van der Waals surface area contributed by atoms with E-state index in [1.54, 1.807) is 0 Å². The zero-order chi connectivity index (χ0) is 13.2. The minimum absolute atomic E-state index is 0.175. The van der Waals surface area contributed by atoms with Crippen molar-refractivity contribution in [2.24, 2.45) is 5.41 Å². The van der Waals surface area contributed by atoms with E-state index in [1.807, 2.05) is 12.1 Å². The number of carbonyl (C=O) groups is 1. The number of hydrogen-bond donors (Lipinski definition) is 1. The quantitative estimate of drug-likeness (QED) is 0.776. The zero-order valence-corrected chi connectivity index (χ0v) is 13.2. The Morgan fingerprint density at radius 3 is 2.61 bits per heavy atom. The molecular formula is C15H20INO. The number of nitrogens with one attached hydrogen (secondary N) is 1. The van der Waals surface area contributed by atoms with Crippen LogP contribution in [0.5, 0.6) is 0 Å². The first-order valence-corrected chi connectivity index (χ1v) is 7.67. The Morgan fingerprint density at radius 2 is 1.94 bits per heavy atom. The van der Waals surface area contributed by atoms with Crippen molar-refractivity contribution >= 4 is 34.2 Å². The summed E-state index contributed by atoms with van der Waals surface area (Å²) in [6.45, 7) is 4.16. The molecule has 1 N–H and O–H groups in total. The van der Waals surface area contributed by atoms with Crippen molar-refractivity contribution in [1.29, 1.82) is 0 Å². The van der Waals surface area contributed by atoms with Crippen molar-refractivity contribution in [3.63, 3.8) is 0 Å². The normalized spacial score (nSPS) is 18.4. The van der Waals surface area contributed by atoms with Gasteiger partial charge >= 0.3 is 0 Å². The van der Waals surface area contributed by atoms with Crippen LogP contribution in [0.25, 0.3) is 0 Å². The van der Waals surface area contributed by atoms with Crippen LogP contribution < -0.4 is 5.32 Å². The molecule has 1 aliphatic rings. The van der Waals surface area contributed by atoms with E-state index < -0.39 is 0 Å². The highest BCUT2D eigenvalue weighted by Crippen LogP contribution is 2.37. The van der Waals surface area contributed by atoms with E-state index >= 15 is 0 Å². The molecule has 1 aromatic rings. The van der Waals surface area contributed by atoms with Gasteiger partial charge in [0.15, 0.2) is 0 Å². The molecule has 2 rings (SSSR count). The van der Waals surface area contributed by atoms with E-state index in [0.29, 0.717) is 0 Å². The highest BCUT2D eigenvalue weighted by Gasteiger charge is 2.34. The SMILES string of the molecule is Cc1c(I)cccc1NC(=O)C1(C)CCCCC1. The predicted octanol–water partition coefficient (Wildman–Crippen LogP) is 4.51. The third kappa shape index (κ3) is 2.87. The van der Waals surface area contributed by atoms with Crippen molar-refractivity contribution in [2.45, 2.75) is 46.0 Å². The standard InChI is InChI=1S/C15H20INO/c1-11-12(16)7-6-8-13(11)17-14(18)15(2)9-4-3-5-10-15/h6-8H,3-5,9-10H2,1-2H3,(H,17,18). The Labute approximate surface area is 123 Å². The Kier molecular flexibility index (Phi) is 4.30. The van der Waals surface area contributed by atoms with Gasteiger partial charge in [-0.25, -0.2) is 0 Å². The third-order valence-corrected chi connectivity index (χ3v) is 5.19. The summed E-state index contributed by atoms with van der Waals surface area (Å²) in [5.74, 6) is 0.187. The molecule has 0 aromatic heterocycles. The second-order valence-electron chi connectivity index (χ2n) is 5.49. The summed E-state index contributed by atoms with van der Waals surface area (Å²) in [6.07, 6.45) is 5.65. The van der Waals surface area contributed by atoms with Crippen LogP contribution in [0, 0.1) is 15.9 Å². The first-order chi connectivity index (χ1) is 8.53. The second-order valence-corrected chi connectivity index (χ2v) is 6.65. The molecule has 0 spiro atoms. The smallest absolute Gasteiger partial charge is 0.230 e. The summed E-state index contributed by atoms with van der Waals surface area (Å²) < 4.78 is 1.19. The first-order valence-electron chi connectivity index (χ1n) is 6.59. The minimum Gasteiger partial charge on any atom is -0.325 e. The van der Waals surface area contributed by atoms with Gasteiger partial charge in [0.2, 0.25) is 5.91 Å². The molecule has 0 aliphatic heterocycles. The molecule has 0 radical (unpaired) electrons. The minimum atomic E-state index is -0.175. The molecule has 18 heavy (non-hydrogen) atoms. The largest absolute Gasteiger partial charge is 0.325 e. The fourth-order valence-electron chi connectivity index (χ4n) is 2.58. The van der Waals surface area contributed by atoms with Gasteiger partial charge < -0.3 is 5.32 Å². The summed E-state index contributed by atoms with van der Waals surface area (Å²) in [7, 11) is 0. The zero-order valence-electron chi connectivity index (χ0n) is 11.1. The summed E-state index contributed by atoms with van der Waals surface area (Å²) in [5, 5.41) is 3.12. The molecule has 98 valence electrons. The summed E-state index contributed by atoms with van der Waals surface area (Å²) in [6, 6.07) is 6.04. The molecule has 3 heteroatoms. The van der Waals surface area contributed by atoms with Crippen molar-refractivity contribution < 1.29 is 4.79 Å². The fourth-order valence-corrected chi connectivity index (χ4v) is 3.07. The Bertz CT molecular complexity index is 450. The van der Waals surface area contributed by atoms with Gasteiger partial charge in [-0.15, -0.1) is 0 Å². The van der Waals surface area contributed by atoms with Crippen molar-refractivity contribution in [3.05, 3.63) is 27.3 Å². The Morgan fingerprint density at radius 1 is 1.28 bits per heavy atom. The average Bonchev–Trinajstić information content (AvgIpc) is 2.36. The maximum absolute atomic E-state index is 12.4. The van der Waals surface area contributed by atoms with Gasteiger partial charge in [0, 0.05) is 14.7 Å². The molecule has 1 amide bonds. The van der Waals surface area contributed by atoms with Crippen LogP contribution >= 0.6 is 22.6 Å². The summed E-state index contributed by atoms with van der Waals surface area (Å²) in [4.78, 5) is 12.4. The topological polar surface area (TPSA) is 29.1 Å². The second kappa shape index (κ2) is 5.59. The predicted molar refractivity (Wildman–Crippen MR) is 83.7 cm³/mol. The summed E-state index contributed by atoms with van der Waals surface area (Å²) in [5.41, 5.74) is 1.94.